The van der Waals surface area contributed by atoms with Crippen LogP contribution in [0.25, 0.3) is 0 Å². The average Bonchev–Trinajstić information content (AvgIpc) is 2.81. The fourth-order valence-electron chi connectivity index (χ4n) is 3.35. The first-order valence-corrected chi connectivity index (χ1v) is 8.66. The number of amides is 2. The number of benzene rings is 2. The summed E-state index contributed by atoms with van der Waals surface area (Å²) in [7, 11) is 1.60. The molecule has 1 aliphatic heterocycles. The normalized spacial score (nSPS) is 14.9. The van der Waals surface area contributed by atoms with Crippen LogP contribution in [0.15, 0.2) is 42.5 Å². The van der Waals surface area contributed by atoms with Crippen LogP contribution in [0.1, 0.15) is 30.5 Å². The predicted octanol–water partition coefficient (Wildman–Crippen LogP) is 2.94. The molecule has 2 aromatic rings. The molecule has 136 valence electrons. The summed E-state index contributed by atoms with van der Waals surface area (Å²) >= 11 is 0. The van der Waals surface area contributed by atoms with Gasteiger partial charge < -0.3 is 15.0 Å². The van der Waals surface area contributed by atoms with Crippen LogP contribution in [0.3, 0.4) is 0 Å². The number of hydrogen-bond donors (Lipinski definition) is 1. The van der Waals surface area contributed by atoms with E-state index in [1.54, 1.807) is 12.0 Å². The molecule has 3 rings (SSSR count). The number of ether oxygens (including phenoxy) is 1. The molecule has 2 aromatic carbocycles. The lowest BCUT2D eigenvalue weighted by atomic mass is 9.85. The van der Waals surface area contributed by atoms with Crippen LogP contribution < -0.4 is 15.0 Å². The van der Waals surface area contributed by atoms with Gasteiger partial charge in [-0.1, -0.05) is 35.9 Å². The van der Waals surface area contributed by atoms with Gasteiger partial charge in [-0.15, -0.1) is 0 Å². The molecule has 0 aromatic heterocycles. The van der Waals surface area contributed by atoms with Gasteiger partial charge in [-0.05, 0) is 38.5 Å². The van der Waals surface area contributed by atoms with Crippen LogP contribution in [0.5, 0.6) is 5.75 Å². The number of aryl methyl sites for hydroxylation is 1. The molecule has 0 unspecified atom stereocenters. The van der Waals surface area contributed by atoms with Gasteiger partial charge in [0.25, 0.3) is 0 Å². The summed E-state index contributed by atoms with van der Waals surface area (Å²) in [6, 6.07) is 13.5. The fourth-order valence-corrected chi connectivity index (χ4v) is 3.35. The number of rotatable bonds is 5. The van der Waals surface area contributed by atoms with E-state index < -0.39 is 5.41 Å². The Bertz CT molecular complexity index is 858. The highest BCUT2D eigenvalue weighted by atomic mass is 16.5. The molecule has 0 bridgehead atoms. The zero-order chi connectivity index (χ0) is 18.9. The Kier molecular flexibility index (Phi) is 4.72. The van der Waals surface area contributed by atoms with Crippen LogP contribution in [0, 0.1) is 6.92 Å². The zero-order valence-corrected chi connectivity index (χ0v) is 15.6. The largest absolute Gasteiger partial charge is 0.496 e. The maximum absolute atomic E-state index is 12.8. The maximum atomic E-state index is 12.8. The highest BCUT2D eigenvalue weighted by Gasteiger charge is 2.44. The van der Waals surface area contributed by atoms with Crippen LogP contribution >= 0.6 is 0 Å². The van der Waals surface area contributed by atoms with E-state index in [0.29, 0.717) is 6.54 Å². The molecule has 26 heavy (non-hydrogen) atoms. The van der Waals surface area contributed by atoms with Gasteiger partial charge in [-0.25, -0.2) is 0 Å². The molecule has 1 heterocycles. The zero-order valence-electron chi connectivity index (χ0n) is 15.6. The molecule has 1 N–H and O–H groups in total. The van der Waals surface area contributed by atoms with Gasteiger partial charge in [0.15, 0.2) is 0 Å². The molecule has 0 fully saturated rings. The molecule has 0 atom stereocenters. The predicted molar refractivity (Wildman–Crippen MR) is 101 cm³/mol. The van der Waals surface area contributed by atoms with Crippen LogP contribution in [-0.4, -0.2) is 25.5 Å². The third kappa shape index (κ3) is 3.17. The average molecular weight is 352 g/mol. The minimum absolute atomic E-state index is 0.00741. The number of nitrogens with one attached hydrogen (secondary N) is 1. The number of hydrogen-bond acceptors (Lipinski definition) is 3. The van der Waals surface area contributed by atoms with Crippen molar-refractivity contribution in [1.82, 2.24) is 5.32 Å². The first kappa shape index (κ1) is 18.0. The summed E-state index contributed by atoms with van der Waals surface area (Å²) < 4.78 is 5.30. The summed E-state index contributed by atoms with van der Waals surface area (Å²) in [5.41, 5.74) is 3.17. The summed E-state index contributed by atoms with van der Waals surface area (Å²) in [4.78, 5) is 26.9. The summed E-state index contributed by atoms with van der Waals surface area (Å²) in [6.07, 6.45) is 0. The van der Waals surface area contributed by atoms with Crippen molar-refractivity contribution in [3.05, 3.63) is 59.2 Å². The number of methoxy groups -OCH3 is 1. The van der Waals surface area contributed by atoms with E-state index in [2.05, 4.69) is 5.32 Å². The Morgan fingerprint density at radius 3 is 2.65 bits per heavy atom. The van der Waals surface area contributed by atoms with Crippen molar-refractivity contribution in [1.29, 1.82) is 0 Å². The number of fused-ring (bicyclic) bond motifs is 1. The highest BCUT2D eigenvalue weighted by Crippen LogP contribution is 2.41. The SMILES string of the molecule is COc1ccccc1CNC(=O)CN1C(=O)C(C)(C)c2cc(C)ccc21. The summed E-state index contributed by atoms with van der Waals surface area (Å²) in [5.74, 6) is 0.478. The molecule has 0 spiro atoms. The molecular formula is C21H24N2O3. The van der Waals surface area contributed by atoms with Crippen molar-refractivity contribution in [2.75, 3.05) is 18.6 Å². The topological polar surface area (TPSA) is 58.6 Å². The van der Waals surface area contributed by atoms with Crippen LogP contribution in [0.2, 0.25) is 0 Å². The maximum Gasteiger partial charge on any atom is 0.240 e. The number of para-hydroxylation sites is 1. The lowest BCUT2D eigenvalue weighted by Crippen LogP contribution is -2.42. The lowest BCUT2D eigenvalue weighted by molar-refractivity contribution is -0.125. The van der Waals surface area contributed by atoms with E-state index in [-0.39, 0.29) is 18.4 Å². The standard InChI is InChI=1S/C21H24N2O3/c1-14-9-10-17-16(11-14)21(2,3)20(25)23(17)13-19(24)22-12-15-7-5-6-8-18(15)26-4/h5-11H,12-13H2,1-4H3,(H,22,24). The minimum atomic E-state index is -0.621. The lowest BCUT2D eigenvalue weighted by Gasteiger charge is -2.20. The van der Waals surface area contributed by atoms with Crippen molar-refractivity contribution >= 4 is 17.5 Å². The third-order valence-electron chi connectivity index (χ3n) is 4.87. The van der Waals surface area contributed by atoms with Crippen molar-refractivity contribution in [3.63, 3.8) is 0 Å². The Morgan fingerprint density at radius 1 is 1.19 bits per heavy atom. The van der Waals surface area contributed by atoms with Gasteiger partial charge in [0.2, 0.25) is 11.8 Å². The second-order valence-corrected chi connectivity index (χ2v) is 7.13. The smallest absolute Gasteiger partial charge is 0.240 e. The molecule has 0 aliphatic carbocycles. The fraction of sp³-hybridized carbons (Fsp3) is 0.333. The molecule has 0 saturated heterocycles. The third-order valence-corrected chi connectivity index (χ3v) is 4.87. The van der Waals surface area contributed by atoms with Crippen molar-refractivity contribution in [2.45, 2.75) is 32.7 Å². The van der Waals surface area contributed by atoms with E-state index in [1.165, 1.54) is 0 Å². The first-order valence-electron chi connectivity index (χ1n) is 8.66. The van der Waals surface area contributed by atoms with Gasteiger partial charge in [0.05, 0.1) is 12.5 Å². The van der Waals surface area contributed by atoms with Gasteiger partial charge >= 0.3 is 0 Å². The van der Waals surface area contributed by atoms with Crippen molar-refractivity contribution < 1.29 is 14.3 Å². The van der Waals surface area contributed by atoms with E-state index in [9.17, 15) is 9.59 Å². The Morgan fingerprint density at radius 2 is 1.92 bits per heavy atom. The number of carbonyl (C=O) groups is 2. The molecular weight excluding hydrogens is 328 g/mol. The second-order valence-electron chi connectivity index (χ2n) is 7.13. The monoisotopic (exact) mass is 352 g/mol. The Labute approximate surface area is 154 Å². The molecule has 5 nitrogen and oxygen atoms in total. The van der Waals surface area contributed by atoms with Crippen molar-refractivity contribution in [2.24, 2.45) is 0 Å². The molecule has 2 amide bonds. The Hall–Kier alpha value is -2.82. The van der Waals surface area contributed by atoms with Crippen LogP contribution in [-0.2, 0) is 21.5 Å². The van der Waals surface area contributed by atoms with Gasteiger partial charge in [-0.3, -0.25) is 9.59 Å². The van der Waals surface area contributed by atoms with Crippen molar-refractivity contribution in [3.8, 4) is 5.75 Å². The highest BCUT2D eigenvalue weighted by molar-refractivity contribution is 6.10. The van der Waals surface area contributed by atoms with E-state index >= 15 is 0 Å². The quantitative estimate of drug-likeness (QED) is 0.900. The van der Waals surface area contributed by atoms with Gasteiger partial charge in [-0.2, -0.15) is 0 Å². The summed E-state index contributed by atoms with van der Waals surface area (Å²) in [6.45, 7) is 6.17. The molecule has 5 heteroatoms. The first-order chi connectivity index (χ1) is 12.3. The van der Waals surface area contributed by atoms with E-state index in [1.807, 2.05) is 63.2 Å². The molecule has 0 radical (unpaired) electrons. The molecule has 0 saturated carbocycles. The Balaban J connectivity index is 1.73. The number of nitrogens with zero attached hydrogens (tertiary/aromatic N) is 1. The van der Waals surface area contributed by atoms with E-state index in [4.69, 9.17) is 4.74 Å². The second kappa shape index (κ2) is 6.83. The molecule has 1 aliphatic rings. The minimum Gasteiger partial charge on any atom is -0.496 e. The van der Waals surface area contributed by atoms with Gasteiger partial charge in [0, 0.05) is 17.8 Å². The number of anilines is 1. The van der Waals surface area contributed by atoms with Gasteiger partial charge in [0.1, 0.15) is 12.3 Å². The van der Waals surface area contributed by atoms with E-state index in [0.717, 1.165) is 28.1 Å². The summed E-state index contributed by atoms with van der Waals surface area (Å²) in [5, 5.41) is 2.88. The number of carbonyl (C=O) groups excluding carboxylic acids is 2. The van der Waals surface area contributed by atoms with Crippen LogP contribution in [0.4, 0.5) is 5.69 Å².